The number of hydrogen-bond acceptors (Lipinski definition) is 3. The van der Waals surface area contributed by atoms with Crippen molar-refractivity contribution in [1.82, 2.24) is 5.32 Å². The molecule has 0 aliphatic rings. The summed E-state index contributed by atoms with van der Waals surface area (Å²) in [7, 11) is 0. The van der Waals surface area contributed by atoms with Crippen molar-refractivity contribution >= 4 is 0 Å². The summed E-state index contributed by atoms with van der Waals surface area (Å²) in [6.07, 6.45) is 1.73. The van der Waals surface area contributed by atoms with Crippen LogP contribution in [0.25, 0.3) is 0 Å². The first-order valence-electron chi connectivity index (χ1n) is 6.40. The molecule has 0 aromatic heterocycles. The van der Waals surface area contributed by atoms with Crippen LogP contribution in [0.15, 0.2) is 18.2 Å². The summed E-state index contributed by atoms with van der Waals surface area (Å²) in [6.45, 7) is 5.39. The van der Waals surface area contributed by atoms with E-state index in [9.17, 15) is 9.50 Å². The van der Waals surface area contributed by atoms with Crippen LogP contribution in [0, 0.1) is 12.7 Å². The van der Waals surface area contributed by atoms with Crippen LogP contribution in [-0.4, -0.2) is 30.9 Å². The molecule has 0 aliphatic heterocycles. The van der Waals surface area contributed by atoms with Gasteiger partial charge in [0, 0.05) is 12.1 Å². The Morgan fingerprint density at radius 1 is 1.44 bits per heavy atom. The minimum atomic E-state index is -0.293. The van der Waals surface area contributed by atoms with Gasteiger partial charge in [0.2, 0.25) is 0 Å². The minimum absolute atomic E-state index is 0.0406. The molecule has 1 rings (SSSR count). The predicted octanol–water partition coefficient (Wildman–Crippen LogP) is 2.26. The van der Waals surface area contributed by atoms with Gasteiger partial charge in [0.05, 0.1) is 13.2 Å². The fourth-order valence-electron chi connectivity index (χ4n) is 1.65. The maximum Gasteiger partial charge on any atom is 0.126 e. The molecule has 4 heteroatoms. The van der Waals surface area contributed by atoms with Crippen LogP contribution in [0.2, 0.25) is 0 Å². The van der Waals surface area contributed by atoms with Gasteiger partial charge in [0.15, 0.2) is 0 Å². The second kappa shape index (κ2) is 8.06. The highest BCUT2D eigenvalue weighted by Gasteiger charge is 2.07. The van der Waals surface area contributed by atoms with E-state index in [2.05, 4.69) is 12.2 Å². The lowest BCUT2D eigenvalue weighted by Gasteiger charge is -2.16. The summed E-state index contributed by atoms with van der Waals surface area (Å²) in [6, 6.07) is 4.55. The molecule has 0 aliphatic carbocycles. The normalized spacial score (nSPS) is 12.4. The summed E-state index contributed by atoms with van der Waals surface area (Å²) < 4.78 is 18.6. The molecule has 0 saturated carbocycles. The third-order valence-electron chi connectivity index (χ3n) is 2.78. The molecule has 1 unspecified atom stereocenters. The van der Waals surface area contributed by atoms with Gasteiger partial charge in [-0.3, -0.25) is 0 Å². The largest absolute Gasteiger partial charge is 0.493 e. The molecule has 1 atom stereocenters. The van der Waals surface area contributed by atoms with Crippen molar-refractivity contribution < 1.29 is 14.2 Å². The van der Waals surface area contributed by atoms with E-state index in [4.69, 9.17) is 4.74 Å². The number of ether oxygens (including phenoxy) is 1. The van der Waals surface area contributed by atoms with Gasteiger partial charge in [-0.2, -0.15) is 0 Å². The summed E-state index contributed by atoms with van der Waals surface area (Å²) in [5.41, 5.74) is 0.915. The van der Waals surface area contributed by atoms with Gasteiger partial charge in [-0.05, 0) is 37.9 Å². The Morgan fingerprint density at radius 2 is 2.22 bits per heavy atom. The van der Waals surface area contributed by atoms with Crippen molar-refractivity contribution in [3.05, 3.63) is 29.6 Å². The van der Waals surface area contributed by atoms with Crippen LogP contribution in [0.3, 0.4) is 0 Å². The van der Waals surface area contributed by atoms with Crippen molar-refractivity contribution in [1.29, 1.82) is 0 Å². The van der Waals surface area contributed by atoms with Crippen molar-refractivity contribution in [2.75, 3.05) is 19.8 Å². The van der Waals surface area contributed by atoms with Crippen LogP contribution >= 0.6 is 0 Å². The van der Waals surface area contributed by atoms with Crippen molar-refractivity contribution in [3.63, 3.8) is 0 Å². The van der Waals surface area contributed by atoms with Gasteiger partial charge in [-0.25, -0.2) is 4.39 Å². The van der Waals surface area contributed by atoms with E-state index in [0.717, 1.165) is 18.5 Å². The number of aliphatic hydroxyl groups is 1. The molecule has 102 valence electrons. The van der Waals surface area contributed by atoms with E-state index < -0.39 is 0 Å². The zero-order valence-electron chi connectivity index (χ0n) is 11.1. The average molecular weight is 255 g/mol. The van der Waals surface area contributed by atoms with Crippen LogP contribution in [-0.2, 0) is 0 Å². The van der Waals surface area contributed by atoms with Crippen molar-refractivity contribution in [2.45, 2.75) is 32.7 Å². The fourth-order valence-corrected chi connectivity index (χ4v) is 1.65. The first-order chi connectivity index (χ1) is 8.67. The Hall–Kier alpha value is -1.13. The van der Waals surface area contributed by atoms with E-state index in [1.165, 1.54) is 12.1 Å². The highest BCUT2D eigenvalue weighted by atomic mass is 19.1. The Bertz CT molecular complexity index is 358. The number of rotatable bonds is 8. The predicted molar refractivity (Wildman–Crippen MR) is 70.4 cm³/mol. The van der Waals surface area contributed by atoms with Gasteiger partial charge in [0.25, 0.3) is 0 Å². The number of nitrogens with one attached hydrogen (secondary N) is 1. The lowest BCUT2D eigenvalue weighted by molar-refractivity contribution is 0.208. The van der Waals surface area contributed by atoms with E-state index >= 15 is 0 Å². The number of hydrogen-bond donors (Lipinski definition) is 2. The van der Waals surface area contributed by atoms with Crippen LogP contribution in [0.5, 0.6) is 5.75 Å². The van der Waals surface area contributed by atoms with Gasteiger partial charge < -0.3 is 15.2 Å². The molecule has 0 bridgehead atoms. The number of benzene rings is 1. The van der Waals surface area contributed by atoms with E-state index in [-0.39, 0.29) is 18.5 Å². The Labute approximate surface area is 108 Å². The molecular weight excluding hydrogens is 233 g/mol. The third-order valence-corrected chi connectivity index (χ3v) is 2.78. The molecule has 1 aromatic rings. The molecule has 0 radical (unpaired) electrons. The number of halogens is 1. The van der Waals surface area contributed by atoms with Crippen LogP contribution < -0.4 is 10.1 Å². The highest BCUT2D eigenvalue weighted by Crippen LogP contribution is 2.18. The molecule has 3 nitrogen and oxygen atoms in total. The van der Waals surface area contributed by atoms with E-state index in [1.807, 2.05) is 6.92 Å². The number of aryl methyl sites for hydroxylation is 1. The van der Waals surface area contributed by atoms with Gasteiger partial charge in [0.1, 0.15) is 11.6 Å². The Morgan fingerprint density at radius 3 is 2.89 bits per heavy atom. The second-order valence-electron chi connectivity index (χ2n) is 4.38. The summed E-state index contributed by atoms with van der Waals surface area (Å²) in [5, 5.41) is 12.4. The molecule has 2 N–H and O–H groups in total. The minimum Gasteiger partial charge on any atom is -0.493 e. The third kappa shape index (κ3) is 5.02. The Balaban J connectivity index is 2.37. The van der Waals surface area contributed by atoms with Crippen molar-refractivity contribution in [3.8, 4) is 5.75 Å². The quantitative estimate of drug-likeness (QED) is 0.748. The summed E-state index contributed by atoms with van der Waals surface area (Å²) in [4.78, 5) is 0. The summed E-state index contributed by atoms with van der Waals surface area (Å²) >= 11 is 0. The maximum absolute atomic E-state index is 13.0. The van der Waals surface area contributed by atoms with Crippen molar-refractivity contribution in [2.24, 2.45) is 0 Å². The van der Waals surface area contributed by atoms with E-state index in [0.29, 0.717) is 18.8 Å². The van der Waals surface area contributed by atoms with Gasteiger partial charge in [-0.15, -0.1) is 0 Å². The van der Waals surface area contributed by atoms with Crippen LogP contribution in [0.4, 0.5) is 4.39 Å². The zero-order valence-corrected chi connectivity index (χ0v) is 11.1. The summed E-state index contributed by atoms with van der Waals surface area (Å²) in [5.74, 6) is 0.278. The molecule has 1 aromatic carbocycles. The molecule has 0 saturated heterocycles. The van der Waals surface area contributed by atoms with Gasteiger partial charge in [-0.1, -0.05) is 13.0 Å². The average Bonchev–Trinajstić information content (AvgIpc) is 2.37. The zero-order chi connectivity index (χ0) is 13.4. The SMILES string of the molecule is CCCNC(CO)CCOc1cc(F)ccc1C. The molecule has 0 fully saturated rings. The maximum atomic E-state index is 13.0. The standard InChI is InChI=1S/C14H22FNO2/c1-3-7-16-13(10-17)6-8-18-14-9-12(15)5-4-11(14)2/h4-5,9,13,16-17H,3,6-8,10H2,1-2H3. The molecule has 0 heterocycles. The smallest absolute Gasteiger partial charge is 0.126 e. The van der Waals surface area contributed by atoms with E-state index in [1.54, 1.807) is 6.07 Å². The highest BCUT2D eigenvalue weighted by molar-refractivity contribution is 5.32. The fraction of sp³-hybridized carbons (Fsp3) is 0.571. The Kier molecular flexibility index (Phi) is 6.68. The first-order valence-corrected chi connectivity index (χ1v) is 6.40. The van der Waals surface area contributed by atoms with Crippen LogP contribution in [0.1, 0.15) is 25.3 Å². The lowest BCUT2D eigenvalue weighted by atomic mass is 10.2. The first kappa shape index (κ1) is 14.9. The molecule has 0 amide bonds. The topological polar surface area (TPSA) is 41.5 Å². The lowest BCUT2D eigenvalue weighted by Crippen LogP contribution is -2.34. The van der Waals surface area contributed by atoms with Gasteiger partial charge >= 0.3 is 0 Å². The second-order valence-corrected chi connectivity index (χ2v) is 4.38. The number of aliphatic hydroxyl groups excluding tert-OH is 1. The molecular formula is C14H22FNO2. The molecule has 0 spiro atoms. The molecule has 18 heavy (non-hydrogen) atoms. The monoisotopic (exact) mass is 255 g/mol.